The Kier molecular flexibility index (Phi) is 6.63. The van der Waals surface area contributed by atoms with Gasteiger partial charge in [-0.05, 0) is 43.7 Å². The maximum Gasteiger partial charge on any atom is 0.316 e. The van der Waals surface area contributed by atoms with E-state index in [0.29, 0.717) is 5.69 Å². The number of para-hydroxylation sites is 1. The molecule has 4 rings (SSSR count). The zero-order chi connectivity index (χ0) is 21.1. The highest BCUT2D eigenvalue weighted by molar-refractivity contribution is 7.77. The molecule has 0 spiro atoms. The van der Waals surface area contributed by atoms with Gasteiger partial charge in [-0.25, -0.2) is 8.70 Å². The molecule has 1 aliphatic carbocycles. The molecule has 0 unspecified atom stereocenters. The Labute approximate surface area is 182 Å². The van der Waals surface area contributed by atoms with Gasteiger partial charge >= 0.3 is 5.56 Å². The first-order chi connectivity index (χ1) is 14.6. The maximum absolute atomic E-state index is 14.4. The summed E-state index contributed by atoms with van der Waals surface area (Å²) in [6, 6.07) is 6.17. The number of anilines is 1. The second kappa shape index (κ2) is 9.39. The molecule has 6 nitrogen and oxygen atoms in total. The predicted molar refractivity (Wildman–Crippen MR) is 119 cm³/mol. The van der Waals surface area contributed by atoms with Crippen molar-refractivity contribution in [2.24, 2.45) is 5.92 Å². The van der Waals surface area contributed by atoms with Gasteiger partial charge < -0.3 is 9.64 Å². The van der Waals surface area contributed by atoms with Crippen LogP contribution in [0.3, 0.4) is 0 Å². The minimum Gasteiger partial charge on any atom is -0.483 e. The van der Waals surface area contributed by atoms with Crippen LogP contribution in [0.25, 0.3) is 5.69 Å². The summed E-state index contributed by atoms with van der Waals surface area (Å²) in [6.45, 7) is 5.24. The first-order valence-corrected chi connectivity index (χ1v) is 11.2. The van der Waals surface area contributed by atoms with Crippen LogP contribution >= 0.6 is 12.8 Å². The van der Waals surface area contributed by atoms with E-state index in [1.165, 1.54) is 12.5 Å². The number of hydrogen-bond acceptors (Lipinski definition) is 6. The molecule has 0 bridgehead atoms. The topological polar surface area (TPSA) is 50.6 Å². The van der Waals surface area contributed by atoms with Crippen molar-refractivity contribution in [1.82, 2.24) is 14.1 Å². The Morgan fingerprint density at radius 2 is 1.80 bits per heavy atom. The highest BCUT2D eigenvalue weighted by atomic mass is 32.1. The molecule has 2 heterocycles. The van der Waals surface area contributed by atoms with Crippen molar-refractivity contribution >= 4 is 18.5 Å². The number of rotatable bonds is 5. The number of halogens is 1. The van der Waals surface area contributed by atoms with E-state index in [2.05, 4.69) is 29.7 Å². The lowest BCUT2D eigenvalue weighted by molar-refractivity contribution is 0.128. The number of thiol groups is 1. The standard InChI is InChI=1S/C22H29FN4O2S/c1-2-16-7-9-17(10-8-16)29-21-20(25-11-13-26(30)14-12-25)15-24-27(22(21)28)19-6-4-3-5-18(19)23/h3-6,15-17,30H,2,7-14H2,1H3. The molecule has 2 aromatic rings. The van der Waals surface area contributed by atoms with Crippen LogP contribution in [-0.2, 0) is 0 Å². The fourth-order valence-corrected chi connectivity index (χ4v) is 4.50. The molecule has 0 N–H and O–H groups in total. The van der Waals surface area contributed by atoms with Gasteiger partial charge in [0.25, 0.3) is 0 Å². The summed E-state index contributed by atoms with van der Waals surface area (Å²) in [5, 5.41) is 4.29. The van der Waals surface area contributed by atoms with Crippen molar-refractivity contribution in [2.75, 3.05) is 31.1 Å². The molecule has 0 radical (unpaired) electrons. The molecule has 2 fully saturated rings. The van der Waals surface area contributed by atoms with Crippen LogP contribution in [0.5, 0.6) is 5.75 Å². The third-order valence-electron chi connectivity index (χ3n) is 6.25. The quantitative estimate of drug-likeness (QED) is 0.731. The second-order valence-corrected chi connectivity index (χ2v) is 8.70. The molecule has 162 valence electrons. The Bertz CT molecular complexity index is 922. The molecule has 1 aromatic carbocycles. The van der Waals surface area contributed by atoms with E-state index in [0.717, 1.165) is 62.5 Å². The van der Waals surface area contributed by atoms with E-state index >= 15 is 0 Å². The van der Waals surface area contributed by atoms with Crippen molar-refractivity contribution in [3.05, 3.63) is 46.6 Å². The van der Waals surface area contributed by atoms with Gasteiger partial charge in [-0.1, -0.05) is 38.3 Å². The fraction of sp³-hybridized carbons (Fsp3) is 0.545. The number of benzene rings is 1. The van der Waals surface area contributed by atoms with Gasteiger partial charge in [0, 0.05) is 26.2 Å². The highest BCUT2D eigenvalue weighted by Crippen LogP contribution is 2.32. The third-order valence-corrected chi connectivity index (χ3v) is 6.65. The van der Waals surface area contributed by atoms with Gasteiger partial charge in [0.15, 0.2) is 0 Å². The maximum atomic E-state index is 14.4. The lowest BCUT2D eigenvalue weighted by Gasteiger charge is -2.35. The highest BCUT2D eigenvalue weighted by Gasteiger charge is 2.27. The number of ether oxygens (including phenoxy) is 1. The van der Waals surface area contributed by atoms with E-state index in [4.69, 9.17) is 4.74 Å². The molecule has 8 heteroatoms. The molecule has 30 heavy (non-hydrogen) atoms. The Morgan fingerprint density at radius 1 is 1.10 bits per heavy atom. The van der Waals surface area contributed by atoms with E-state index < -0.39 is 11.4 Å². The zero-order valence-electron chi connectivity index (χ0n) is 17.3. The van der Waals surface area contributed by atoms with Crippen molar-refractivity contribution in [1.29, 1.82) is 0 Å². The van der Waals surface area contributed by atoms with Gasteiger partial charge in [-0.15, -0.1) is 0 Å². The molecule has 1 saturated carbocycles. The van der Waals surface area contributed by atoms with E-state index in [1.54, 1.807) is 24.4 Å². The van der Waals surface area contributed by atoms with Crippen LogP contribution in [0.2, 0.25) is 0 Å². The number of piperazine rings is 1. The number of aromatic nitrogens is 2. The summed E-state index contributed by atoms with van der Waals surface area (Å²) in [5.74, 6) is 0.527. The Hall–Kier alpha value is -2.06. The normalized spacial score (nSPS) is 22.8. The summed E-state index contributed by atoms with van der Waals surface area (Å²) in [7, 11) is 0. The Balaban J connectivity index is 1.69. The largest absolute Gasteiger partial charge is 0.483 e. The lowest BCUT2D eigenvalue weighted by Crippen LogP contribution is -2.43. The molecule has 1 aromatic heterocycles. The van der Waals surface area contributed by atoms with Crippen LogP contribution in [-0.4, -0.2) is 46.4 Å². The van der Waals surface area contributed by atoms with Crippen LogP contribution in [0.15, 0.2) is 35.3 Å². The molecule has 1 saturated heterocycles. The van der Waals surface area contributed by atoms with Crippen LogP contribution < -0.4 is 15.2 Å². The van der Waals surface area contributed by atoms with E-state index in [-0.39, 0.29) is 17.5 Å². The Morgan fingerprint density at radius 3 is 2.47 bits per heavy atom. The number of nitrogens with zero attached hydrogens (tertiary/aromatic N) is 4. The smallest absolute Gasteiger partial charge is 0.316 e. The van der Waals surface area contributed by atoms with E-state index in [9.17, 15) is 9.18 Å². The molecule has 0 atom stereocenters. The summed E-state index contributed by atoms with van der Waals surface area (Å²) in [6.07, 6.45) is 6.91. The summed E-state index contributed by atoms with van der Waals surface area (Å²) < 4.78 is 23.8. The van der Waals surface area contributed by atoms with Gasteiger partial charge in [-0.3, -0.25) is 4.79 Å². The molecular formula is C22H29FN4O2S. The van der Waals surface area contributed by atoms with Crippen molar-refractivity contribution in [3.63, 3.8) is 0 Å². The number of hydrogen-bond donors (Lipinski definition) is 1. The molecule has 0 amide bonds. The first-order valence-electron chi connectivity index (χ1n) is 10.8. The molecular weight excluding hydrogens is 403 g/mol. The second-order valence-electron chi connectivity index (χ2n) is 8.14. The minimum atomic E-state index is -0.488. The summed E-state index contributed by atoms with van der Waals surface area (Å²) in [4.78, 5) is 15.5. The van der Waals surface area contributed by atoms with Crippen LogP contribution in [0, 0.1) is 11.7 Å². The predicted octanol–water partition coefficient (Wildman–Crippen LogP) is 3.69. The van der Waals surface area contributed by atoms with Gasteiger partial charge in [0.05, 0.1) is 12.3 Å². The van der Waals surface area contributed by atoms with Gasteiger partial charge in [0.1, 0.15) is 17.2 Å². The SMILES string of the molecule is CCC1CCC(Oc2c(N3CCN(S)CC3)cnn(-c3ccccc3F)c2=O)CC1. The summed E-state index contributed by atoms with van der Waals surface area (Å²) >= 11 is 4.41. The van der Waals surface area contributed by atoms with Gasteiger partial charge in [0.2, 0.25) is 5.75 Å². The van der Waals surface area contributed by atoms with E-state index in [1.807, 2.05) is 4.31 Å². The fourth-order valence-electron chi connectivity index (χ4n) is 4.32. The minimum absolute atomic E-state index is 0.00175. The molecule has 2 aliphatic rings. The van der Waals surface area contributed by atoms with Gasteiger partial charge in [-0.2, -0.15) is 9.78 Å². The summed E-state index contributed by atoms with van der Waals surface area (Å²) in [5.41, 5.74) is 0.406. The molecule has 1 aliphatic heterocycles. The average molecular weight is 433 g/mol. The van der Waals surface area contributed by atoms with Crippen LogP contribution in [0.4, 0.5) is 10.1 Å². The zero-order valence-corrected chi connectivity index (χ0v) is 18.2. The third kappa shape index (κ3) is 4.49. The lowest BCUT2D eigenvalue weighted by atomic mass is 9.86. The average Bonchev–Trinajstić information content (AvgIpc) is 2.77. The van der Waals surface area contributed by atoms with Crippen molar-refractivity contribution in [3.8, 4) is 11.4 Å². The van der Waals surface area contributed by atoms with Crippen molar-refractivity contribution in [2.45, 2.75) is 45.1 Å². The van der Waals surface area contributed by atoms with Crippen LogP contribution in [0.1, 0.15) is 39.0 Å². The monoisotopic (exact) mass is 432 g/mol. The first kappa shape index (κ1) is 21.2. The van der Waals surface area contributed by atoms with Crippen molar-refractivity contribution < 1.29 is 9.13 Å².